The molecule has 1 atom stereocenters. The standard InChI is InChI=1S/C43H46ClF2N9O6/c1-42(2)40(43(3,4)41(42)61-25-6-5-24(21-47)27(44)19-25)55-32(56)10-8-30(38(55)59)54-37(58)26-20-28(45)35(34(46)33(26)39(54)60)53-17-15-51(16-18-53)22-23-11-13-52(14-12-23)31-9-7-29(36(48)57)49-50-31/h5-7,9,19-20,23,30,40-41H,8,10-18,22H2,1-4H3,(H2,48,57). The number of halogens is 3. The van der Waals surface area contributed by atoms with E-state index in [9.17, 15) is 29.2 Å². The van der Waals surface area contributed by atoms with Crippen LogP contribution in [0.25, 0.3) is 0 Å². The predicted molar refractivity (Wildman–Crippen MR) is 218 cm³/mol. The third-order valence-corrected chi connectivity index (χ3v) is 13.5. The van der Waals surface area contributed by atoms with Crippen LogP contribution < -0.4 is 20.3 Å². The highest BCUT2D eigenvalue weighted by molar-refractivity contribution is 6.31. The van der Waals surface area contributed by atoms with Gasteiger partial charge in [0.2, 0.25) is 5.91 Å². The zero-order valence-electron chi connectivity index (χ0n) is 34.3. The molecule has 1 aliphatic carbocycles. The summed E-state index contributed by atoms with van der Waals surface area (Å²) in [5, 5.41) is 17.5. The predicted octanol–water partition coefficient (Wildman–Crippen LogP) is 4.41. The molecule has 2 N–H and O–H groups in total. The maximum Gasteiger partial charge on any atom is 0.269 e. The molecule has 0 spiro atoms. The van der Waals surface area contributed by atoms with Crippen molar-refractivity contribution >= 4 is 52.6 Å². The van der Waals surface area contributed by atoms with Gasteiger partial charge in [0.15, 0.2) is 17.3 Å². The number of hydrogen-bond donors (Lipinski definition) is 1. The summed E-state index contributed by atoms with van der Waals surface area (Å²) >= 11 is 6.25. The fraction of sp³-hybridized carbons (Fsp3) is 0.488. The summed E-state index contributed by atoms with van der Waals surface area (Å²) in [4.78, 5) is 74.9. The number of likely N-dealkylation sites (tertiary alicyclic amines) is 1. The number of anilines is 2. The maximum absolute atomic E-state index is 16.5. The van der Waals surface area contributed by atoms with Crippen molar-refractivity contribution in [3.05, 3.63) is 75.4 Å². The van der Waals surface area contributed by atoms with Crippen LogP contribution in [0.5, 0.6) is 5.75 Å². The van der Waals surface area contributed by atoms with Gasteiger partial charge >= 0.3 is 0 Å². The number of nitriles is 1. The minimum absolute atomic E-state index is 0.106. The molecule has 1 aromatic heterocycles. The lowest BCUT2D eigenvalue weighted by molar-refractivity contribution is -0.216. The van der Waals surface area contributed by atoms with Crippen molar-refractivity contribution in [1.29, 1.82) is 5.26 Å². The number of amides is 5. The number of benzene rings is 2. The minimum atomic E-state index is -1.41. The molecule has 1 unspecified atom stereocenters. The van der Waals surface area contributed by atoms with E-state index in [0.29, 0.717) is 35.5 Å². The van der Waals surface area contributed by atoms with Crippen molar-refractivity contribution in [2.75, 3.05) is 55.6 Å². The Morgan fingerprint density at radius 3 is 2.20 bits per heavy atom. The summed E-state index contributed by atoms with van der Waals surface area (Å²) < 4.78 is 38.7. The van der Waals surface area contributed by atoms with E-state index in [-0.39, 0.29) is 42.2 Å². The highest BCUT2D eigenvalue weighted by Gasteiger charge is 2.68. The molecule has 0 radical (unpaired) electrons. The number of aromatic nitrogens is 2. The van der Waals surface area contributed by atoms with Gasteiger partial charge in [-0.15, -0.1) is 10.2 Å². The third kappa shape index (κ3) is 7.12. The Balaban J connectivity index is 0.922. The molecule has 5 aliphatic rings. The van der Waals surface area contributed by atoms with E-state index in [0.717, 1.165) is 43.4 Å². The molecule has 0 bridgehead atoms. The van der Waals surface area contributed by atoms with E-state index in [1.165, 1.54) is 6.07 Å². The van der Waals surface area contributed by atoms with Crippen LogP contribution in [0.15, 0.2) is 36.4 Å². The number of primary amides is 1. The maximum atomic E-state index is 16.5. The van der Waals surface area contributed by atoms with E-state index < -0.39 is 87.0 Å². The second kappa shape index (κ2) is 15.6. The van der Waals surface area contributed by atoms with Crippen molar-refractivity contribution in [2.24, 2.45) is 22.5 Å². The van der Waals surface area contributed by atoms with Crippen LogP contribution in [0.3, 0.4) is 0 Å². The molecule has 3 aromatic rings. The highest BCUT2D eigenvalue weighted by Crippen LogP contribution is 2.58. The minimum Gasteiger partial charge on any atom is -0.489 e. The highest BCUT2D eigenvalue weighted by atomic mass is 35.5. The Bertz CT molecular complexity index is 2360. The van der Waals surface area contributed by atoms with Gasteiger partial charge in [-0.3, -0.25) is 38.7 Å². The van der Waals surface area contributed by atoms with Crippen molar-refractivity contribution in [3.63, 3.8) is 0 Å². The van der Waals surface area contributed by atoms with Gasteiger partial charge in [-0.05, 0) is 55.5 Å². The molecule has 320 valence electrons. The molecule has 8 rings (SSSR count). The number of hydrogen-bond acceptors (Lipinski definition) is 12. The molecule has 2 aromatic carbocycles. The van der Waals surface area contributed by atoms with Crippen LogP contribution in [0, 0.1) is 39.7 Å². The van der Waals surface area contributed by atoms with Gasteiger partial charge in [-0.1, -0.05) is 39.3 Å². The van der Waals surface area contributed by atoms with Crippen LogP contribution in [0.2, 0.25) is 5.02 Å². The van der Waals surface area contributed by atoms with Crippen LogP contribution in [0.1, 0.15) is 90.1 Å². The number of rotatable bonds is 9. The largest absolute Gasteiger partial charge is 0.489 e. The monoisotopic (exact) mass is 857 g/mol. The fourth-order valence-corrected chi connectivity index (χ4v) is 10.8. The Hall–Kier alpha value is -5.73. The number of piperazine rings is 1. The van der Waals surface area contributed by atoms with E-state index in [2.05, 4.69) is 20.0 Å². The second-order valence-electron chi connectivity index (χ2n) is 17.7. The molecular formula is C43H46ClF2N9O6. The quantitative estimate of drug-likeness (QED) is 0.300. The Morgan fingerprint density at radius 2 is 1.59 bits per heavy atom. The molecule has 5 amide bonds. The van der Waals surface area contributed by atoms with Gasteiger partial charge in [-0.2, -0.15) is 5.26 Å². The lowest BCUT2D eigenvalue weighted by Gasteiger charge is -2.65. The summed E-state index contributed by atoms with van der Waals surface area (Å²) in [6.45, 7) is 11.3. The molecular weight excluding hydrogens is 812 g/mol. The molecule has 4 aliphatic heterocycles. The van der Waals surface area contributed by atoms with Gasteiger partial charge in [0, 0.05) is 69.1 Å². The van der Waals surface area contributed by atoms with Crippen molar-refractivity contribution in [1.82, 2.24) is 24.9 Å². The van der Waals surface area contributed by atoms with Gasteiger partial charge < -0.3 is 20.3 Å². The first-order valence-corrected chi connectivity index (χ1v) is 20.8. The summed E-state index contributed by atoms with van der Waals surface area (Å²) in [5.74, 6) is -4.58. The topological polar surface area (TPSA) is 186 Å². The van der Waals surface area contributed by atoms with Gasteiger partial charge in [0.1, 0.15) is 35.5 Å². The number of fused-ring (bicyclic) bond motifs is 1. The van der Waals surface area contributed by atoms with Crippen LogP contribution in [0.4, 0.5) is 20.3 Å². The van der Waals surface area contributed by atoms with E-state index in [1.54, 1.807) is 29.2 Å². The van der Waals surface area contributed by atoms with E-state index >= 15 is 8.78 Å². The Morgan fingerprint density at radius 1 is 0.902 bits per heavy atom. The van der Waals surface area contributed by atoms with Crippen molar-refractivity contribution in [2.45, 2.75) is 71.6 Å². The molecule has 1 saturated carbocycles. The number of nitrogens with zero attached hydrogens (tertiary/aromatic N) is 8. The zero-order valence-corrected chi connectivity index (χ0v) is 35.0. The number of ether oxygens (including phenoxy) is 1. The van der Waals surface area contributed by atoms with Crippen LogP contribution >= 0.6 is 11.6 Å². The molecule has 3 saturated heterocycles. The van der Waals surface area contributed by atoms with E-state index in [1.807, 2.05) is 33.8 Å². The van der Waals surface area contributed by atoms with Crippen LogP contribution in [-0.4, -0.2) is 118 Å². The normalized spacial score (nSPS) is 24.1. The molecule has 5 heterocycles. The average molecular weight is 858 g/mol. The Labute approximate surface area is 356 Å². The lowest BCUT2D eigenvalue weighted by atomic mass is 9.48. The van der Waals surface area contributed by atoms with Crippen LogP contribution in [-0.2, 0) is 9.59 Å². The molecule has 61 heavy (non-hydrogen) atoms. The fourth-order valence-electron chi connectivity index (χ4n) is 10.6. The number of carbonyl (C=O) groups is 5. The number of nitrogens with two attached hydrogens (primary N) is 1. The SMILES string of the molecule is CC1(C)C(Oc2ccc(C#N)c(Cl)c2)C(C)(C)C1N1C(=O)CCC(N2C(=O)c3cc(F)c(N4CCN(CC5CCN(c6ccc(C(N)=O)nn6)CC5)CC4)c(F)c3C2=O)C1=O. The van der Waals surface area contributed by atoms with Crippen molar-refractivity contribution in [3.8, 4) is 11.8 Å². The van der Waals surface area contributed by atoms with Gasteiger partial charge in [0.25, 0.3) is 23.6 Å². The zero-order chi connectivity index (χ0) is 43.7. The summed E-state index contributed by atoms with van der Waals surface area (Å²) in [6.07, 6.45) is 0.956. The average Bonchev–Trinajstić information content (AvgIpc) is 3.47. The molecule has 15 nitrogen and oxygen atoms in total. The Kier molecular flexibility index (Phi) is 10.8. The van der Waals surface area contributed by atoms with Gasteiger partial charge in [0.05, 0.1) is 27.8 Å². The first kappa shape index (κ1) is 42.0. The molecule has 4 fully saturated rings. The number of piperidine rings is 2. The first-order chi connectivity index (χ1) is 28.9. The van der Waals surface area contributed by atoms with Gasteiger partial charge in [-0.25, -0.2) is 8.78 Å². The number of imide groups is 2. The summed E-state index contributed by atoms with van der Waals surface area (Å²) in [7, 11) is 0. The lowest BCUT2D eigenvalue weighted by Crippen LogP contribution is -2.77. The van der Waals surface area contributed by atoms with Crippen molar-refractivity contribution < 1.29 is 37.5 Å². The number of carbonyl (C=O) groups excluding carboxylic acids is 5. The smallest absolute Gasteiger partial charge is 0.269 e. The second-order valence-corrected chi connectivity index (χ2v) is 18.1. The van der Waals surface area contributed by atoms with E-state index in [4.69, 9.17) is 22.1 Å². The summed E-state index contributed by atoms with van der Waals surface area (Å²) in [5.41, 5.74) is 2.60. The first-order valence-electron chi connectivity index (χ1n) is 20.4. The molecule has 18 heteroatoms. The summed E-state index contributed by atoms with van der Waals surface area (Å²) in [6, 6.07) is 8.74. The third-order valence-electron chi connectivity index (χ3n) is 13.2.